The fraction of sp³-hybridized carbons (Fsp3) is 0.250. The van der Waals surface area contributed by atoms with Gasteiger partial charge in [-0.1, -0.05) is 24.3 Å². The van der Waals surface area contributed by atoms with E-state index in [0.29, 0.717) is 19.4 Å². The van der Waals surface area contributed by atoms with E-state index < -0.39 is 12.0 Å². The van der Waals surface area contributed by atoms with Crippen LogP contribution in [0.5, 0.6) is 0 Å². The van der Waals surface area contributed by atoms with Gasteiger partial charge in [0.1, 0.15) is 12.4 Å². The third-order valence-corrected chi connectivity index (χ3v) is 3.81. The summed E-state index contributed by atoms with van der Waals surface area (Å²) in [7, 11) is 0. The lowest BCUT2D eigenvalue weighted by Gasteiger charge is -2.21. The van der Waals surface area contributed by atoms with Crippen molar-refractivity contribution in [1.29, 1.82) is 0 Å². The summed E-state index contributed by atoms with van der Waals surface area (Å²) in [5.41, 5.74) is 2.80. The minimum absolute atomic E-state index is 0.104. The van der Waals surface area contributed by atoms with Gasteiger partial charge in [0.2, 0.25) is 5.91 Å². The minimum atomic E-state index is -0.941. The number of likely N-dealkylation sites (tertiary alicyclic amines) is 1. The van der Waals surface area contributed by atoms with Crippen molar-refractivity contribution in [3.63, 3.8) is 0 Å². The Kier molecular flexibility index (Phi) is 3.82. The molecule has 1 aromatic heterocycles. The molecule has 6 nitrogen and oxygen atoms in total. The summed E-state index contributed by atoms with van der Waals surface area (Å²) in [6.07, 6.45) is 5.62. The van der Waals surface area contributed by atoms with Gasteiger partial charge in [-0.25, -0.2) is 14.8 Å². The Morgan fingerprint density at radius 1 is 1.18 bits per heavy atom. The van der Waals surface area contributed by atoms with Crippen LogP contribution in [0.1, 0.15) is 18.4 Å². The minimum Gasteiger partial charge on any atom is -0.480 e. The van der Waals surface area contributed by atoms with Gasteiger partial charge in [-0.3, -0.25) is 4.79 Å². The van der Waals surface area contributed by atoms with Gasteiger partial charge in [-0.15, -0.1) is 0 Å². The molecule has 0 spiro atoms. The number of hydrogen-bond donors (Lipinski definition) is 1. The highest BCUT2D eigenvalue weighted by molar-refractivity contribution is 5.87. The smallest absolute Gasteiger partial charge is 0.326 e. The Balaban J connectivity index is 1.76. The molecule has 1 aliphatic heterocycles. The van der Waals surface area contributed by atoms with Crippen molar-refractivity contribution in [1.82, 2.24) is 14.9 Å². The monoisotopic (exact) mass is 297 g/mol. The fourth-order valence-electron chi connectivity index (χ4n) is 2.64. The second kappa shape index (κ2) is 5.93. The molecule has 2 heterocycles. The van der Waals surface area contributed by atoms with Gasteiger partial charge in [0.25, 0.3) is 0 Å². The van der Waals surface area contributed by atoms with Gasteiger partial charge in [-0.05, 0) is 17.5 Å². The first-order valence-corrected chi connectivity index (χ1v) is 7.02. The molecule has 1 aliphatic rings. The van der Waals surface area contributed by atoms with Crippen LogP contribution in [0.4, 0.5) is 0 Å². The third-order valence-electron chi connectivity index (χ3n) is 3.81. The predicted molar refractivity (Wildman–Crippen MR) is 78.7 cm³/mol. The number of carbonyl (C=O) groups excluding carboxylic acids is 1. The lowest BCUT2D eigenvalue weighted by molar-refractivity contribution is -0.146. The van der Waals surface area contributed by atoms with Crippen molar-refractivity contribution < 1.29 is 14.7 Å². The summed E-state index contributed by atoms with van der Waals surface area (Å²) in [5.74, 6) is -1.04. The van der Waals surface area contributed by atoms with Gasteiger partial charge >= 0.3 is 5.97 Å². The highest BCUT2D eigenvalue weighted by atomic mass is 16.4. The van der Waals surface area contributed by atoms with E-state index in [0.717, 1.165) is 16.7 Å². The quantitative estimate of drug-likeness (QED) is 0.929. The first kappa shape index (κ1) is 14.2. The van der Waals surface area contributed by atoms with Crippen LogP contribution in [0, 0.1) is 0 Å². The number of aliphatic carboxylic acids is 1. The SMILES string of the molecule is O=C(O)C1CCC(=O)N1Cc1ccc(-c2cncnc2)cc1. The summed E-state index contributed by atoms with van der Waals surface area (Å²) in [6, 6.07) is 6.92. The molecule has 1 saturated heterocycles. The molecule has 6 heteroatoms. The Morgan fingerprint density at radius 3 is 2.50 bits per heavy atom. The van der Waals surface area contributed by atoms with E-state index in [2.05, 4.69) is 9.97 Å². The van der Waals surface area contributed by atoms with Crippen molar-refractivity contribution in [2.75, 3.05) is 0 Å². The lowest BCUT2D eigenvalue weighted by Crippen LogP contribution is -2.37. The molecule has 0 radical (unpaired) electrons. The maximum Gasteiger partial charge on any atom is 0.326 e. The summed E-state index contributed by atoms with van der Waals surface area (Å²) >= 11 is 0. The molecular weight excluding hydrogens is 282 g/mol. The molecule has 2 aromatic rings. The summed E-state index contributed by atoms with van der Waals surface area (Å²) < 4.78 is 0. The number of carboxylic acids is 1. The van der Waals surface area contributed by atoms with Crippen molar-refractivity contribution in [2.24, 2.45) is 0 Å². The second-order valence-electron chi connectivity index (χ2n) is 5.24. The predicted octanol–water partition coefficient (Wildman–Crippen LogP) is 1.72. The number of carboxylic acid groups (broad SMARTS) is 1. The van der Waals surface area contributed by atoms with Crippen molar-refractivity contribution in [3.8, 4) is 11.1 Å². The average molecular weight is 297 g/mol. The molecule has 0 bridgehead atoms. The van der Waals surface area contributed by atoms with Crippen LogP contribution in [-0.4, -0.2) is 37.9 Å². The number of aromatic nitrogens is 2. The Labute approximate surface area is 127 Å². The topological polar surface area (TPSA) is 83.4 Å². The van der Waals surface area contributed by atoms with Crippen LogP contribution in [0.3, 0.4) is 0 Å². The van der Waals surface area contributed by atoms with Crippen molar-refractivity contribution in [2.45, 2.75) is 25.4 Å². The zero-order chi connectivity index (χ0) is 15.5. The van der Waals surface area contributed by atoms with Gasteiger partial charge < -0.3 is 10.0 Å². The maximum absolute atomic E-state index is 11.8. The average Bonchev–Trinajstić information content (AvgIpc) is 2.90. The van der Waals surface area contributed by atoms with Gasteiger partial charge in [0.15, 0.2) is 0 Å². The van der Waals surface area contributed by atoms with E-state index in [4.69, 9.17) is 5.11 Å². The van der Waals surface area contributed by atoms with Crippen LogP contribution < -0.4 is 0 Å². The summed E-state index contributed by atoms with van der Waals surface area (Å²) in [5, 5.41) is 9.16. The highest BCUT2D eigenvalue weighted by Crippen LogP contribution is 2.23. The number of carbonyl (C=O) groups is 2. The number of hydrogen-bond acceptors (Lipinski definition) is 4. The molecule has 22 heavy (non-hydrogen) atoms. The van der Waals surface area contributed by atoms with E-state index in [1.165, 1.54) is 11.2 Å². The largest absolute Gasteiger partial charge is 0.480 e. The van der Waals surface area contributed by atoms with Crippen LogP contribution >= 0.6 is 0 Å². The van der Waals surface area contributed by atoms with Gasteiger partial charge in [0.05, 0.1) is 0 Å². The maximum atomic E-state index is 11.8. The molecule has 1 atom stereocenters. The van der Waals surface area contributed by atoms with Crippen molar-refractivity contribution in [3.05, 3.63) is 48.5 Å². The normalized spacial score (nSPS) is 17.7. The highest BCUT2D eigenvalue weighted by Gasteiger charge is 2.35. The standard InChI is InChI=1S/C16H15N3O3/c20-15-6-5-14(16(21)22)19(15)9-11-1-3-12(4-2-11)13-7-17-10-18-8-13/h1-4,7-8,10,14H,5-6,9H2,(H,21,22). The number of nitrogens with zero attached hydrogens (tertiary/aromatic N) is 3. The molecule has 1 unspecified atom stereocenters. The fourth-order valence-corrected chi connectivity index (χ4v) is 2.64. The van der Waals surface area contributed by atoms with Crippen LogP contribution in [0.15, 0.2) is 43.0 Å². The first-order chi connectivity index (χ1) is 10.6. The van der Waals surface area contributed by atoms with Crippen molar-refractivity contribution >= 4 is 11.9 Å². The number of amides is 1. The number of benzene rings is 1. The van der Waals surface area contributed by atoms with Crippen LogP contribution in [-0.2, 0) is 16.1 Å². The Morgan fingerprint density at radius 2 is 1.86 bits per heavy atom. The Hall–Kier alpha value is -2.76. The molecular formula is C16H15N3O3. The molecule has 1 aromatic carbocycles. The molecule has 112 valence electrons. The molecule has 0 saturated carbocycles. The van der Waals surface area contributed by atoms with Crippen LogP contribution in [0.2, 0.25) is 0 Å². The molecule has 1 amide bonds. The van der Waals surface area contributed by atoms with E-state index in [-0.39, 0.29) is 5.91 Å². The van der Waals surface area contributed by atoms with Gasteiger partial charge in [0, 0.05) is 30.9 Å². The van der Waals surface area contributed by atoms with Crippen LogP contribution in [0.25, 0.3) is 11.1 Å². The van der Waals surface area contributed by atoms with E-state index in [1.54, 1.807) is 12.4 Å². The van der Waals surface area contributed by atoms with E-state index in [1.807, 2.05) is 24.3 Å². The summed E-state index contributed by atoms with van der Waals surface area (Å²) in [6.45, 7) is 0.321. The molecule has 0 aliphatic carbocycles. The lowest BCUT2D eigenvalue weighted by atomic mass is 10.1. The Bertz CT molecular complexity index is 686. The van der Waals surface area contributed by atoms with E-state index in [9.17, 15) is 9.59 Å². The second-order valence-corrected chi connectivity index (χ2v) is 5.24. The molecule has 1 N–H and O–H groups in total. The third kappa shape index (κ3) is 2.81. The number of rotatable bonds is 4. The zero-order valence-corrected chi connectivity index (χ0v) is 11.8. The first-order valence-electron chi connectivity index (χ1n) is 7.02. The molecule has 3 rings (SSSR count). The molecule has 1 fully saturated rings. The summed E-state index contributed by atoms with van der Waals surface area (Å²) in [4.78, 5) is 32.4. The van der Waals surface area contributed by atoms with Gasteiger partial charge in [-0.2, -0.15) is 0 Å². The zero-order valence-electron chi connectivity index (χ0n) is 11.8. The van der Waals surface area contributed by atoms with E-state index >= 15 is 0 Å².